The van der Waals surface area contributed by atoms with E-state index >= 15 is 0 Å². The molecule has 0 bridgehead atoms. The molecule has 1 unspecified atom stereocenters. The Balaban J connectivity index is 2.96. The molecule has 0 aliphatic heterocycles. The number of benzene rings is 1. The summed E-state index contributed by atoms with van der Waals surface area (Å²) in [7, 11) is 1.55. The third-order valence-electron chi connectivity index (χ3n) is 2.56. The molecule has 1 aromatic carbocycles. The second kappa shape index (κ2) is 6.20. The number of rotatable bonds is 6. The van der Waals surface area contributed by atoms with Gasteiger partial charge in [-0.3, -0.25) is 10.1 Å². The van der Waals surface area contributed by atoms with E-state index in [4.69, 9.17) is 4.74 Å². The summed E-state index contributed by atoms with van der Waals surface area (Å²) < 4.78 is 5.09. The molecule has 5 heteroatoms. The zero-order valence-electron chi connectivity index (χ0n) is 10.4. The number of nitro benzene ring substituents is 1. The maximum absolute atomic E-state index is 10.9. The van der Waals surface area contributed by atoms with Crippen molar-refractivity contribution >= 4 is 5.69 Å². The van der Waals surface area contributed by atoms with E-state index in [0.717, 1.165) is 6.54 Å². The van der Waals surface area contributed by atoms with Crippen LogP contribution in [0.4, 0.5) is 5.69 Å². The first kappa shape index (κ1) is 13.4. The molecule has 0 aromatic heterocycles. The van der Waals surface area contributed by atoms with Crippen molar-refractivity contribution in [1.29, 1.82) is 0 Å². The van der Waals surface area contributed by atoms with Crippen LogP contribution in [0.5, 0.6) is 5.75 Å². The third-order valence-corrected chi connectivity index (χ3v) is 2.56. The number of hydrogen-bond donors (Lipinski definition) is 1. The maximum atomic E-state index is 10.9. The number of hydrogen-bond acceptors (Lipinski definition) is 4. The highest BCUT2D eigenvalue weighted by Gasteiger charge is 2.16. The predicted octanol–water partition coefficient (Wildman–Crippen LogP) is 2.14. The number of nitrogens with zero attached hydrogens (tertiary/aromatic N) is 1. The Hall–Kier alpha value is -1.62. The number of nitrogens with one attached hydrogen (secondary N) is 1. The van der Waals surface area contributed by atoms with E-state index in [2.05, 4.69) is 5.32 Å². The lowest BCUT2D eigenvalue weighted by atomic mass is 10.0. The van der Waals surface area contributed by atoms with Gasteiger partial charge in [0.25, 0.3) is 5.69 Å². The number of nitro groups is 1. The van der Waals surface area contributed by atoms with Crippen LogP contribution >= 0.6 is 0 Å². The van der Waals surface area contributed by atoms with E-state index in [1.165, 1.54) is 6.07 Å². The Kier molecular flexibility index (Phi) is 4.90. The van der Waals surface area contributed by atoms with Gasteiger partial charge in [0.15, 0.2) is 0 Å². The van der Waals surface area contributed by atoms with Gasteiger partial charge in [-0.2, -0.15) is 0 Å². The summed E-state index contributed by atoms with van der Waals surface area (Å²) in [5.74, 6) is 0.647. The second-order valence-corrected chi connectivity index (χ2v) is 3.91. The van der Waals surface area contributed by atoms with Crippen LogP contribution < -0.4 is 10.1 Å². The Labute approximate surface area is 101 Å². The molecule has 0 aliphatic rings. The molecular formula is C12H18N2O3. The van der Waals surface area contributed by atoms with Crippen LogP contribution in [0, 0.1) is 10.1 Å². The molecule has 0 saturated carbocycles. The first-order valence-electron chi connectivity index (χ1n) is 5.63. The van der Waals surface area contributed by atoms with Gasteiger partial charge in [-0.25, -0.2) is 0 Å². The highest BCUT2D eigenvalue weighted by Crippen LogP contribution is 2.25. The first-order valence-corrected chi connectivity index (χ1v) is 5.63. The molecule has 1 N–H and O–H groups in total. The van der Waals surface area contributed by atoms with Crippen molar-refractivity contribution in [3.8, 4) is 5.75 Å². The Morgan fingerprint density at radius 1 is 1.53 bits per heavy atom. The van der Waals surface area contributed by atoms with Crippen molar-refractivity contribution < 1.29 is 9.66 Å². The van der Waals surface area contributed by atoms with Crippen molar-refractivity contribution in [2.75, 3.05) is 13.7 Å². The van der Waals surface area contributed by atoms with Crippen LogP contribution in [0.15, 0.2) is 18.2 Å². The average Bonchev–Trinajstić information content (AvgIpc) is 2.28. The van der Waals surface area contributed by atoms with E-state index in [-0.39, 0.29) is 16.7 Å². The number of likely N-dealkylation sites (N-methyl/N-ethyl adjacent to an activating group) is 1. The smallest absolute Gasteiger partial charge is 0.272 e. The second-order valence-electron chi connectivity index (χ2n) is 3.91. The van der Waals surface area contributed by atoms with Crippen molar-refractivity contribution in [2.45, 2.75) is 26.3 Å². The van der Waals surface area contributed by atoms with E-state index in [9.17, 15) is 10.1 Å². The first-order chi connectivity index (χ1) is 8.08. The van der Waals surface area contributed by atoms with Gasteiger partial charge >= 0.3 is 0 Å². The third kappa shape index (κ3) is 3.71. The van der Waals surface area contributed by atoms with Gasteiger partial charge in [0, 0.05) is 17.7 Å². The van der Waals surface area contributed by atoms with Gasteiger partial charge in [0.2, 0.25) is 0 Å². The highest BCUT2D eigenvalue weighted by molar-refractivity contribution is 5.45. The Morgan fingerprint density at radius 2 is 2.24 bits per heavy atom. The van der Waals surface area contributed by atoms with E-state index < -0.39 is 0 Å². The zero-order valence-corrected chi connectivity index (χ0v) is 10.4. The molecule has 0 amide bonds. The Morgan fingerprint density at radius 3 is 2.76 bits per heavy atom. The number of methoxy groups -OCH3 is 1. The molecule has 0 spiro atoms. The molecule has 17 heavy (non-hydrogen) atoms. The van der Waals surface area contributed by atoms with Crippen molar-refractivity contribution in [3.05, 3.63) is 33.9 Å². The maximum Gasteiger partial charge on any atom is 0.272 e. The Bertz CT molecular complexity index is 393. The van der Waals surface area contributed by atoms with Gasteiger partial charge in [0.1, 0.15) is 5.75 Å². The number of ether oxygens (including phenoxy) is 1. The summed E-state index contributed by atoms with van der Waals surface area (Å²) in [6, 6.07) is 5.03. The molecule has 0 heterocycles. The summed E-state index contributed by atoms with van der Waals surface area (Å²) in [5, 5.41) is 14.1. The minimum absolute atomic E-state index is 0.149. The molecule has 94 valence electrons. The van der Waals surface area contributed by atoms with Gasteiger partial charge in [0.05, 0.1) is 12.0 Å². The van der Waals surface area contributed by atoms with Crippen LogP contribution in [0.25, 0.3) is 0 Å². The summed E-state index contributed by atoms with van der Waals surface area (Å²) in [6.07, 6.45) is 0.612. The van der Waals surface area contributed by atoms with E-state index in [1.54, 1.807) is 19.2 Å². The van der Waals surface area contributed by atoms with Crippen molar-refractivity contribution in [2.24, 2.45) is 0 Å². The highest BCUT2D eigenvalue weighted by atomic mass is 16.6. The van der Waals surface area contributed by atoms with Crippen LogP contribution in [0.1, 0.15) is 19.4 Å². The monoisotopic (exact) mass is 238 g/mol. The minimum Gasteiger partial charge on any atom is -0.497 e. The van der Waals surface area contributed by atoms with Gasteiger partial charge in [-0.15, -0.1) is 0 Å². The molecule has 1 aromatic rings. The van der Waals surface area contributed by atoms with Gasteiger partial charge in [-0.1, -0.05) is 6.92 Å². The summed E-state index contributed by atoms with van der Waals surface area (Å²) in [5.41, 5.74) is 0.846. The average molecular weight is 238 g/mol. The lowest BCUT2D eigenvalue weighted by Crippen LogP contribution is -2.27. The van der Waals surface area contributed by atoms with Crippen LogP contribution in [0.2, 0.25) is 0 Å². The lowest BCUT2D eigenvalue weighted by Gasteiger charge is -2.13. The molecule has 5 nitrogen and oxygen atoms in total. The fraction of sp³-hybridized carbons (Fsp3) is 0.500. The van der Waals surface area contributed by atoms with Gasteiger partial charge in [-0.05, 0) is 32.0 Å². The van der Waals surface area contributed by atoms with Crippen LogP contribution in [0.3, 0.4) is 0 Å². The standard InChI is InChI=1S/C12H18N2O3/c1-4-13-9(2)7-10-8-11(17-3)5-6-12(10)14(15)16/h5-6,8-9,13H,4,7H2,1-3H3. The lowest BCUT2D eigenvalue weighted by molar-refractivity contribution is -0.385. The summed E-state index contributed by atoms with van der Waals surface area (Å²) >= 11 is 0. The normalized spacial score (nSPS) is 12.2. The van der Waals surface area contributed by atoms with Crippen molar-refractivity contribution in [3.63, 3.8) is 0 Å². The SMILES string of the molecule is CCNC(C)Cc1cc(OC)ccc1[N+](=O)[O-]. The summed E-state index contributed by atoms with van der Waals surface area (Å²) in [4.78, 5) is 10.6. The predicted molar refractivity (Wildman–Crippen MR) is 66.5 cm³/mol. The molecule has 0 saturated heterocycles. The molecule has 0 radical (unpaired) electrons. The quantitative estimate of drug-likeness (QED) is 0.609. The fourth-order valence-corrected chi connectivity index (χ4v) is 1.78. The van der Waals surface area contributed by atoms with E-state index in [0.29, 0.717) is 17.7 Å². The van der Waals surface area contributed by atoms with Crippen molar-refractivity contribution in [1.82, 2.24) is 5.32 Å². The van der Waals surface area contributed by atoms with Gasteiger partial charge < -0.3 is 10.1 Å². The largest absolute Gasteiger partial charge is 0.497 e. The molecule has 0 aliphatic carbocycles. The molecule has 1 atom stereocenters. The molecule has 1 rings (SSSR count). The minimum atomic E-state index is -0.354. The van der Waals surface area contributed by atoms with E-state index in [1.807, 2.05) is 13.8 Å². The molecular weight excluding hydrogens is 220 g/mol. The summed E-state index contributed by atoms with van der Waals surface area (Å²) in [6.45, 7) is 4.86. The molecule has 0 fully saturated rings. The zero-order chi connectivity index (χ0) is 12.8. The van der Waals surface area contributed by atoms with Crippen LogP contribution in [-0.2, 0) is 6.42 Å². The fourth-order valence-electron chi connectivity index (χ4n) is 1.78. The van der Waals surface area contributed by atoms with Crippen LogP contribution in [-0.4, -0.2) is 24.6 Å². The topological polar surface area (TPSA) is 64.4 Å².